The monoisotopic (exact) mass is 290 g/mol. The fraction of sp³-hybridized carbons (Fsp3) is 0.538. The lowest BCUT2D eigenvalue weighted by atomic mass is 10.2. The first-order valence-corrected chi connectivity index (χ1v) is 7.46. The van der Waals surface area contributed by atoms with Crippen LogP contribution in [0, 0.1) is 6.92 Å². The maximum Gasteiger partial charge on any atom is 0.294 e. The van der Waals surface area contributed by atoms with E-state index in [9.17, 15) is 8.42 Å². The second kappa shape index (κ2) is 7.59. The van der Waals surface area contributed by atoms with Crippen molar-refractivity contribution in [2.24, 2.45) is 0 Å². The molecule has 2 N–H and O–H groups in total. The fourth-order valence-corrected chi connectivity index (χ4v) is 1.74. The highest BCUT2D eigenvalue weighted by Gasteiger charge is 2.06. The number of aryl methyl sites for hydroxylation is 1. The van der Waals surface area contributed by atoms with Crippen LogP contribution in [-0.2, 0) is 10.1 Å². The van der Waals surface area contributed by atoms with E-state index in [4.69, 9.17) is 9.66 Å². The highest BCUT2D eigenvalue weighted by Crippen LogP contribution is 2.08. The molecule has 0 heterocycles. The van der Waals surface area contributed by atoms with Crippen LogP contribution in [0.5, 0.6) is 0 Å². The summed E-state index contributed by atoms with van der Waals surface area (Å²) in [5, 5.41) is 8.42. The fourth-order valence-electron chi connectivity index (χ4n) is 1.26. The van der Waals surface area contributed by atoms with Gasteiger partial charge in [-0.3, -0.25) is 4.55 Å². The quantitative estimate of drug-likeness (QED) is 0.648. The van der Waals surface area contributed by atoms with E-state index in [1.807, 2.05) is 6.92 Å². The van der Waals surface area contributed by atoms with E-state index in [2.05, 4.69) is 21.1 Å². The van der Waals surface area contributed by atoms with Crippen LogP contribution in [0.1, 0.15) is 12.0 Å². The SMILES string of the molecule is C[N+](C)(C)CCCO.Cc1ccc(S(=O)(=O)O)cc1. The van der Waals surface area contributed by atoms with Crippen molar-refractivity contribution in [1.82, 2.24) is 0 Å². The van der Waals surface area contributed by atoms with Gasteiger partial charge in [-0.15, -0.1) is 0 Å². The largest absolute Gasteiger partial charge is 0.396 e. The van der Waals surface area contributed by atoms with Crippen LogP contribution in [0.2, 0.25) is 0 Å². The van der Waals surface area contributed by atoms with Gasteiger partial charge in [0.2, 0.25) is 0 Å². The normalized spacial score (nSPS) is 11.7. The van der Waals surface area contributed by atoms with Gasteiger partial charge in [-0.1, -0.05) is 17.7 Å². The predicted molar refractivity (Wildman–Crippen MR) is 75.6 cm³/mol. The Morgan fingerprint density at radius 3 is 1.84 bits per heavy atom. The van der Waals surface area contributed by atoms with Crippen molar-refractivity contribution in [3.05, 3.63) is 29.8 Å². The Morgan fingerprint density at radius 2 is 1.58 bits per heavy atom. The van der Waals surface area contributed by atoms with E-state index < -0.39 is 10.1 Å². The molecule has 0 aliphatic carbocycles. The lowest BCUT2D eigenvalue weighted by Gasteiger charge is -2.22. The zero-order chi connectivity index (χ0) is 15.1. The minimum atomic E-state index is -4.02. The van der Waals surface area contributed by atoms with Gasteiger partial charge in [-0.25, -0.2) is 0 Å². The molecule has 0 saturated carbocycles. The van der Waals surface area contributed by atoms with Crippen LogP contribution in [0.4, 0.5) is 0 Å². The molecule has 6 heteroatoms. The average Bonchev–Trinajstić information content (AvgIpc) is 2.25. The Bertz CT molecular complexity index is 460. The van der Waals surface area contributed by atoms with Crippen molar-refractivity contribution in [3.63, 3.8) is 0 Å². The molecule has 1 aromatic rings. The number of nitrogens with zero attached hydrogens (tertiary/aromatic N) is 1. The van der Waals surface area contributed by atoms with E-state index in [0.29, 0.717) is 6.61 Å². The van der Waals surface area contributed by atoms with Crippen molar-refractivity contribution in [3.8, 4) is 0 Å². The van der Waals surface area contributed by atoms with Crippen LogP contribution < -0.4 is 0 Å². The zero-order valence-corrected chi connectivity index (χ0v) is 12.8. The Morgan fingerprint density at radius 1 is 1.11 bits per heavy atom. The Kier molecular flexibility index (Phi) is 7.21. The topological polar surface area (TPSA) is 74.6 Å². The molecular weight excluding hydrogens is 266 g/mol. The minimum absolute atomic E-state index is 0.0666. The van der Waals surface area contributed by atoms with Gasteiger partial charge >= 0.3 is 0 Å². The minimum Gasteiger partial charge on any atom is -0.396 e. The van der Waals surface area contributed by atoms with Gasteiger partial charge in [0.05, 0.1) is 32.6 Å². The van der Waals surface area contributed by atoms with E-state index in [1.165, 1.54) is 12.1 Å². The number of aliphatic hydroxyl groups excluding tert-OH is 1. The molecule has 0 spiro atoms. The van der Waals surface area contributed by atoms with E-state index in [-0.39, 0.29) is 4.90 Å². The molecule has 0 aromatic heterocycles. The van der Waals surface area contributed by atoms with E-state index >= 15 is 0 Å². The molecule has 1 rings (SSSR count). The highest BCUT2D eigenvalue weighted by atomic mass is 32.2. The van der Waals surface area contributed by atoms with Crippen LogP contribution >= 0.6 is 0 Å². The van der Waals surface area contributed by atoms with Gasteiger partial charge in [0, 0.05) is 13.0 Å². The van der Waals surface area contributed by atoms with Crippen molar-refractivity contribution < 1.29 is 22.6 Å². The third-order valence-corrected chi connectivity index (χ3v) is 3.17. The maximum atomic E-state index is 10.5. The first-order chi connectivity index (χ1) is 8.56. The van der Waals surface area contributed by atoms with Gasteiger partial charge in [-0.05, 0) is 19.1 Å². The summed E-state index contributed by atoms with van der Waals surface area (Å²) in [6.07, 6.45) is 0.906. The van der Waals surface area contributed by atoms with Crippen LogP contribution in [0.15, 0.2) is 29.2 Å². The first kappa shape index (κ1) is 18.0. The van der Waals surface area contributed by atoms with Gasteiger partial charge < -0.3 is 9.59 Å². The third kappa shape index (κ3) is 9.61. The molecule has 19 heavy (non-hydrogen) atoms. The molecule has 0 amide bonds. The second-order valence-corrected chi connectivity index (χ2v) is 6.80. The summed E-state index contributed by atoms with van der Waals surface area (Å²) in [6.45, 7) is 3.21. The summed E-state index contributed by atoms with van der Waals surface area (Å²) >= 11 is 0. The molecule has 0 saturated heterocycles. The molecule has 5 nitrogen and oxygen atoms in total. The second-order valence-electron chi connectivity index (χ2n) is 5.38. The van der Waals surface area contributed by atoms with Crippen LogP contribution in [0.3, 0.4) is 0 Å². The number of hydrogen-bond donors (Lipinski definition) is 2. The van der Waals surface area contributed by atoms with Crippen molar-refractivity contribution in [1.29, 1.82) is 0 Å². The average molecular weight is 290 g/mol. The Balaban J connectivity index is 0.000000362. The Labute approximate surface area is 115 Å². The molecule has 0 aliphatic rings. The Hall–Kier alpha value is -0.950. The molecule has 110 valence electrons. The number of aliphatic hydroxyl groups is 1. The van der Waals surface area contributed by atoms with E-state index in [0.717, 1.165) is 23.0 Å². The smallest absolute Gasteiger partial charge is 0.294 e. The summed E-state index contributed by atoms with van der Waals surface area (Å²) < 4.78 is 30.5. The highest BCUT2D eigenvalue weighted by molar-refractivity contribution is 7.85. The predicted octanol–water partition coefficient (Wildman–Crippen LogP) is 1.32. The maximum absolute atomic E-state index is 10.5. The molecule has 0 atom stereocenters. The van der Waals surface area contributed by atoms with E-state index in [1.54, 1.807) is 12.1 Å². The number of quaternary nitrogens is 1. The standard InChI is InChI=1S/C7H8O3S.C6H16NO/c1-6-2-4-7(5-3-6)11(8,9)10;1-7(2,3)5-4-6-8/h2-5H,1H3,(H,8,9,10);8H,4-6H2,1-3H3/q;+1. The summed E-state index contributed by atoms with van der Waals surface area (Å²) in [5.41, 5.74) is 0.956. The zero-order valence-electron chi connectivity index (χ0n) is 12.0. The van der Waals surface area contributed by atoms with Gasteiger partial charge in [0.15, 0.2) is 0 Å². The van der Waals surface area contributed by atoms with Crippen LogP contribution in [0.25, 0.3) is 0 Å². The first-order valence-electron chi connectivity index (χ1n) is 6.02. The van der Waals surface area contributed by atoms with Crippen molar-refractivity contribution >= 4 is 10.1 Å². The number of hydrogen-bond acceptors (Lipinski definition) is 3. The lowest BCUT2D eigenvalue weighted by molar-refractivity contribution is -0.870. The molecule has 0 bridgehead atoms. The molecule has 0 aliphatic heterocycles. The summed E-state index contributed by atoms with van der Waals surface area (Å²) in [7, 11) is 2.34. The van der Waals surface area contributed by atoms with Crippen molar-refractivity contribution in [2.75, 3.05) is 34.3 Å². The number of benzene rings is 1. The number of rotatable bonds is 4. The molecule has 0 fully saturated rings. The molecule has 1 aromatic carbocycles. The molecule has 0 radical (unpaired) electrons. The summed E-state index contributed by atoms with van der Waals surface area (Å²) in [5.74, 6) is 0. The lowest BCUT2D eigenvalue weighted by Crippen LogP contribution is -2.35. The van der Waals surface area contributed by atoms with Gasteiger partial charge in [0.1, 0.15) is 0 Å². The van der Waals surface area contributed by atoms with Gasteiger partial charge in [-0.2, -0.15) is 8.42 Å². The van der Waals surface area contributed by atoms with Gasteiger partial charge in [0.25, 0.3) is 10.1 Å². The summed E-state index contributed by atoms with van der Waals surface area (Å²) in [4.78, 5) is -0.0666. The molecular formula is C13H24NO4S+. The third-order valence-electron chi connectivity index (χ3n) is 2.31. The van der Waals surface area contributed by atoms with Crippen LogP contribution in [-0.4, -0.2) is 56.9 Å². The summed E-state index contributed by atoms with van der Waals surface area (Å²) in [6, 6.07) is 5.99. The van der Waals surface area contributed by atoms with Crippen molar-refractivity contribution in [2.45, 2.75) is 18.2 Å². The molecule has 0 unspecified atom stereocenters.